The van der Waals surface area contributed by atoms with Gasteiger partial charge in [0.05, 0.1) is 39.0 Å². The van der Waals surface area contributed by atoms with E-state index < -0.39 is 0 Å². The molecule has 0 saturated heterocycles. The fourth-order valence-corrected chi connectivity index (χ4v) is 5.98. The van der Waals surface area contributed by atoms with Crippen molar-refractivity contribution in [2.45, 2.75) is 18.2 Å². The zero-order chi connectivity index (χ0) is 24.9. The first-order valence-electron chi connectivity index (χ1n) is 12.3. The first-order valence-corrected chi connectivity index (χ1v) is 13.1. The van der Waals surface area contributed by atoms with Gasteiger partial charge < -0.3 is 10.7 Å². The molecule has 4 aromatic carbocycles. The molecule has 6 heteroatoms. The minimum atomic E-state index is 0.793. The van der Waals surface area contributed by atoms with Gasteiger partial charge in [0.1, 0.15) is 0 Å². The molecule has 0 unspecified atom stereocenters. The third kappa shape index (κ3) is 3.69. The lowest BCUT2D eigenvalue weighted by Crippen LogP contribution is -1.93. The van der Waals surface area contributed by atoms with Crippen molar-refractivity contribution in [3.05, 3.63) is 114 Å². The fourth-order valence-electron chi connectivity index (χ4n) is 4.99. The van der Waals surface area contributed by atoms with E-state index in [1.54, 1.807) is 11.9 Å². The van der Waals surface area contributed by atoms with Gasteiger partial charge in [-0.05, 0) is 79.4 Å². The highest BCUT2D eigenvalue weighted by molar-refractivity contribution is 7.98. The van der Waals surface area contributed by atoms with Crippen LogP contribution in [0.15, 0.2) is 102 Å². The number of nitrogens with one attached hydrogen (secondary N) is 1. The number of benzene rings is 4. The molecule has 0 amide bonds. The maximum Gasteiger partial charge on any atom is 0.213 e. The summed E-state index contributed by atoms with van der Waals surface area (Å²) in [6, 6.07) is 31.7. The summed E-state index contributed by atoms with van der Waals surface area (Å²) in [5.41, 5.74) is 16.4. The van der Waals surface area contributed by atoms with Gasteiger partial charge >= 0.3 is 0 Å². The van der Waals surface area contributed by atoms with E-state index in [1.807, 2.05) is 12.1 Å². The average Bonchev–Trinajstić information content (AvgIpc) is 3.54. The van der Waals surface area contributed by atoms with Gasteiger partial charge in [-0.3, -0.25) is 8.37 Å². The number of imidazole rings is 2. The highest BCUT2D eigenvalue weighted by atomic mass is 32.2. The third-order valence-corrected chi connectivity index (χ3v) is 7.92. The maximum absolute atomic E-state index is 6.66. The van der Waals surface area contributed by atoms with Crippen LogP contribution >= 0.6 is 11.9 Å². The lowest BCUT2D eigenvalue weighted by atomic mass is 10.1. The second-order valence-corrected chi connectivity index (χ2v) is 10.4. The summed E-state index contributed by atoms with van der Waals surface area (Å²) in [5, 5.41) is 1.07. The highest BCUT2D eigenvalue weighted by Crippen LogP contribution is 2.36. The van der Waals surface area contributed by atoms with E-state index in [2.05, 4.69) is 111 Å². The van der Waals surface area contributed by atoms with Crippen LogP contribution in [0.5, 0.6) is 0 Å². The number of rotatable bonds is 5. The Morgan fingerprint density at radius 2 is 1.68 bits per heavy atom. The zero-order valence-corrected chi connectivity index (χ0v) is 21.2. The van der Waals surface area contributed by atoms with Gasteiger partial charge in [0.25, 0.3) is 0 Å². The summed E-state index contributed by atoms with van der Waals surface area (Å²) in [7, 11) is 0. The average molecular weight is 500 g/mol. The predicted molar refractivity (Wildman–Crippen MR) is 156 cm³/mol. The number of para-hydroxylation sites is 3. The summed E-state index contributed by atoms with van der Waals surface area (Å²) in [6.07, 6.45) is 5.14. The van der Waals surface area contributed by atoms with E-state index in [4.69, 9.17) is 10.7 Å². The van der Waals surface area contributed by atoms with Crippen LogP contribution < -0.4 is 5.73 Å². The topological polar surface area (TPSA) is 64.0 Å². The normalized spacial score (nSPS) is 12.1. The number of nitrogens with zero attached hydrogens (tertiary/aromatic N) is 3. The van der Waals surface area contributed by atoms with E-state index in [0.717, 1.165) is 56.5 Å². The Morgan fingerprint density at radius 3 is 2.54 bits per heavy atom. The highest BCUT2D eigenvalue weighted by Gasteiger charge is 2.14. The van der Waals surface area contributed by atoms with Crippen molar-refractivity contribution >= 4 is 62.5 Å². The van der Waals surface area contributed by atoms with Crippen LogP contribution in [0.4, 0.5) is 5.69 Å². The molecule has 180 valence electrons. The van der Waals surface area contributed by atoms with Crippen molar-refractivity contribution in [3.63, 3.8) is 0 Å². The molecule has 0 saturated carbocycles. The Morgan fingerprint density at radius 1 is 0.892 bits per heavy atom. The summed E-state index contributed by atoms with van der Waals surface area (Å²) in [6.45, 7) is 2.11. The van der Waals surface area contributed by atoms with Gasteiger partial charge in [0.2, 0.25) is 5.78 Å². The standard InChI is InChI=1S/C31H25N5S/c1-20-13-16-22(17-14-20)37-36-26-10-4-2-8-23(26)30(32)28(36)12-6-7-21-15-18-25-29(19-21)35-27-11-5-3-9-24(27)33-31(35)34-25/h2-6,8-19H,7,32H2,1H3,(H,33,34)/b12-6-. The van der Waals surface area contributed by atoms with Crippen molar-refractivity contribution in [2.75, 3.05) is 5.73 Å². The van der Waals surface area contributed by atoms with Crippen LogP contribution in [-0.2, 0) is 6.42 Å². The quantitative estimate of drug-likeness (QED) is 0.256. The number of aryl methyl sites for hydroxylation is 1. The van der Waals surface area contributed by atoms with E-state index >= 15 is 0 Å². The van der Waals surface area contributed by atoms with Crippen molar-refractivity contribution in [1.29, 1.82) is 0 Å². The Bertz CT molecular complexity index is 1950. The van der Waals surface area contributed by atoms with Gasteiger partial charge in [0, 0.05) is 10.3 Å². The van der Waals surface area contributed by atoms with E-state index in [9.17, 15) is 0 Å². The molecule has 0 aliphatic rings. The van der Waals surface area contributed by atoms with Crippen molar-refractivity contribution in [1.82, 2.24) is 18.3 Å². The molecule has 0 atom stereocenters. The molecule has 0 radical (unpaired) electrons. The minimum absolute atomic E-state index is 0.793. The first kappa shape index (κ1) is 21.8. The smallest absolute Gasteiger partial charge is 0.213 e. The molecule has 3 heterocycles. The Hall–Kier alpha value is -4.42. The second-order valence-electron chi connectivity index (χ2n) is 9.36. The summed E-state index contributed by atoms with van der Waals surface area (Å²) in [5.74, 6) is 0.870. The Balaban J connectivity index is 1.25. The monoisotopic (exact) mass is 499 g/mol. The molecule has 0 bridgehead atoms. The lowest BCUT2D eigenvalue weighted by molar-refractivity contribution is 1.25. The fraction of sp³-hybridized carbons (Fsp3) is 0.0645. The number of hydrogen-bond donors (Lipinski definition) is 2. The SMILES string of the molecule is Cc1ccc(Sn2c(/C=C\Cc3ccc4nc5[nH]c6ccccc6n5c4c3)c(N)c3ccccc32)cc1. The van der Waals surface area contributed by atoms with Crippen LogP contribution in [0.1, 0.15) is 16.8 Å². The number of aromatic amines is 1. The van der Waals surface area contributed by atoms with Crippen molar-refractivity contribution < 1.29 is 0 Å². The van der Waals surface area contributed by atoms with Crippen LogP contribution in [0.3, 0.4) is 0 Å². The Labute approximate surface area is 218 Å². The summed E-state index contributed by atoms with van der Waals surface area (Å²) < 4.78 is 4.44. The van der Waals surface area contributed by atoms with Gasteiger partial charge in [0.15, 0.2) is 0 Å². The lowest BCUT2D eigenvalue weighted by Gasteiger charge is -2.08. The number of aromatic nitrogens is 4. The van der Waals surface area contributed by atoms with Gasteiger partial charge in [-0.1, -0.05) is 60.2 Å². The Kier molecular flexibility index (Phi) is 5.08. The molecule has 0 fully saturated rings. The number of allylic oxidation sites excluding steroid dienone is 1. The molecule has 5 nitrogen and oxygen atoms in total. The molecule has 7 rings (SSSR count). The number of nitrogens with two attached hydrogens (primary N) is 1. The van der Waals surface area contributed by atoms with Crippen LogP contribution in [0.25, 0.3) is 44.8 Å². The van der Waals surface area contributed by atoms with Gasteiger partial charge in [-0.15, -0.1) is 0 Å². The predicted octanol–water partition coefficient (Wildman–Crippen LogP) is 7.63. The second kappa shape index (κ2) is 8.61. The minimum Gasteiger partial charge on any atom is -0.396 e. The zero-order valence-electron chi connectivity index (χ0n) is 20.3. The molecule has 7 aromatic rings. The molecule has 3 N–H and O–H groups in total. The van der Waals surface area contributed by atoms with E-state index in [1.165, 1.54) is 16.0 Å². The van der Waals surface area contributed by atoms with Crippen molar-refractivity contribution in [3.8, 4) is 0 Å². The number of H-pyrrole nitrogens is 1. The summed E-state index contributed by atoms with van der Waals surface area (Å²) in [4.78, 5) is 9.38. The van der Waals surface area contributed by atoms with Crippen LogP contribution in [0, 0.1) is 6.92 Å². The van der Waals surface area contributed by atoms with Crippen LogP contribution in [0.2, 0.25) is 0 Å². The molecule has 37 heavy (non-hydrogen) atoms. The number of anilines is 1. The molecule has 0 aliphatic heterocycles. The maximum atomic E-state index is 6.66. The van der Waals surface area contributed by atoms with Gasteiger partial charge in [-0.2, -0.15) is 0 Å². The number of hydrogen-bond acceptors (Lipinski definition) is 3. The molecule has 0 spiro atoms. The third-order valence-electron chi connectivity index (χ3n) is 6.87. The largest absolute Gasteiger partial charge is 0.396 e. The molecule has 3 aromatic heterocycles. The number of fused-ring (bicyclic) bond motifs is 6. The van der Waals surface area contributed by atoms with Gasteiger partial charge in [-0.25, -0.2) is 4.98 Å². The molecule has 0 aliphatic carbocycles. The van der Waals surface area contributed by atoms with Crippen molar-refractivity contribution in [2.24, 2.45) is 0 Å². The van der Waals surface area contributed by atoms with Crippen LogP contribution in [-0.4, -0.2) is 18.3 Å². The van der Waals surface area contributed by atoms with E-state index in [-0.39, 0.29) is 0 Å². The van der Waals surface area contributed by atoms with E-state index in [0.29, 0.717) is 0 Å². The number of nitrogen functional groups attached to an aromatic ring is 1. The summed E-state index contributed by atoms with van der Waals surface area (Å²) >= 11 is 1.70. The molecular weight excluding hydrogens is 474 g/mol. The molecular formula is C31H25N5S. The first-order chi connectivity index (χ1) is 18.2.